The molecule has 0 saturated carbocycles. The molecule has 2 aliphatic rings. The van der Waals surface area contributed by atoms with Gasteiger partial charge in [0.2, 0.25) is 5.76 Å². The third-order valence-electron chi connectivity index (χ3n) is 5.46. The quantitative estimate of drug-likeness (QED) is 0.786. The number of piperidine rings is 1. The predicted molar refractivity (Wildman–Crippen MR) is 90.7 cm³/mol. The summed E-state index contributed by atoms with van der Waals surface area (Å²) < 4.78 is 5.01. The van der Waals surface area contributed by atoms with Gasteiger partial charge >= 0.3 is 0 Å². The van der Waals surface area contributed by atoms with E-state index in [0.717, 1.165) is 25.9 Å². The van der Waals surface area contributed by atoms with Crippen LogP contribution >= 0.6 is 0 Å². The fourth-order valence-corrected chi connectivity index (χ4v) is 4.24. The maximum Gasteiger partial charge on any atom is 0.292 e. The van der Waals surface area contributed by atoms with Crippen LogP contribution in [0, 0.1) is 11.3 Å². The first-order valence-electron chi connectivity index (χ1n) is 8.59. The van der Waals surface area contributed by atoms with Gasteiger partial charge in [-0.15, -0.1) is 0 Å². The minimum absolute atomic E-state index is 0.0177. The number of amides is 1. The van der Waals surface area contributed by atoms with Crippen molar-refractivity contribution >= 4 is 5.91 Å². The second-order valence-electron chi connectivity index (χ2n) is 6.91. The number of hydrogen-bond donors (Lipinski definition) is 0. The highest BCUT2D eigenvalue weighted by atomic mass is 16.5. The molecule has 2 aromatic rings. The summed E-state index contributed by atoms with van der Waals surface area (Å²) in [5, 5.41) is 12.7. The molecular weight excluding hydrogens is 316 g/mol. The molecule has 3 heterocycles. The van der Waals surface area contributed by atoms with Crippen LogP contribution in [0.5, 0.6) is 0 Å². The normalized spacial score (nSPS) is 19.4. The lowest BCUT2D eigenvalue weighted by molar-refractivity contribution is 0.0567. The van der Waals surface area contributed by atoms with Gasteiger partial charge in [-0.2, -0.15) is 5.26 Å². The summed E-state index contributed by atoms with van der Waals surface area (Å²) in [5.74, 6) is 0.205. The van der Waals surface area contributed by atoms with Crippen molar-refractivity contribution in [3.05, 3.63) is 53.4 Å². The number of hydrogen-bond acceptors (Lipinski definition) is 5. The Kier molecular flexibility index (Phi) is 4.02. The highest BCUT2D eigenvalue weighted by Gasteiger charge is 2.42. The molecule has 6 heteroatoms. The zero-order valence-corrected chi connectivity index (χ0v) is 14.0. The number of fused-ring (bicyclic) bond motifs is 2. The van der Waals surface area contributed by atoms with Crippen molar-refractivity contribution in [1.29, 1.82) is 5.26 Å². The third-order valence-corrected chi connectivity index (χ3v) is 5.46. The first kappa shape index (κ1) is 15.9. The van der Waals surface area contributed by atoms with Gasteiger partial charge < -0.3 is 9.42 Å². The lowest BCUT2D eigenvalue weighted by Gasteiger charge is -2.48. The highest BCUT2D eigenvalue weighted by Crippen LogP contribution is 2.41. The smallest absolute Gasteiger partial charge is 0.292 e. The zero-order chi connectivity index (χ0) is 17.3. The van der Waals surface area contributed by atoms with Crippen molar-refractivity contribution in [3.8, 4) is 6.07 Å². The van der Waals surface area contributed by atoms with Gasteiger partial charge in [0, 0.05) is 37.7 Å². The van der Waals surface area contributed by atoms with Crippen LogP contribution in [0.15, 0.2) is 41.1 Å². The number of aromatic nitrogens is 1. The lowest BCUT2D eigenvalue weighted by Crippen LogP contribution is -2.53. The van der Waals surface area contributed by atoms with E-state index >= 15 is 0 Å². The molecule has 2 aliphatic heterocycles. The number of rotatable bonds is 2. The molecule has 1 saturated heterocycles. The highest BCUT2D eigenvalue weighted by molar-refractivity contribution is 5.91. The van der Waals surface area contributed by atoms with E-state index in [1.807, 2.05) is 4.90 Å². The molecule has 0 unspecified atom stereocenters. The standard InChI is InChI=1S/C19H20N4O2/c20-8-12-22-13-15-3-1-2-4-16(15)19(14-22)6-10-23(11-7-19)18(24)17-5-9-21-25-17/h1-5,9H,6-7,10-14H2. The minimum Gasteiger partial charge on any atom is -0.351 e. The van der Waals surface area contributed by atoms with Gasteiger partial charge in [0.05, 0.1) is 18.8 Å². The molecule has 0 N–H and O–H groups in total. The second-order valence-corrected chi connectivity index (χ2v) is 6.91. The van der Waals surface area contributed by atoms with E-state index in [-0.39, 0.29) is 11.3 Å². The first-order chi connectivity index (χ1) is 12.2. The average Bonchev–Trinajstić information content (AvgIpc) is 3.17. The minimum atomic E-state index is -0.0923. The van der Waals surface area contributed by atoms with Gasteiger partial charge in [0.25, 0.3) is 5.91 Å². The van der Waals surface area contributed by atoms with E-state index in [9.17, 15) is 4.79 Å². The van der Waals surface area contributed by atoms with Crippen LogP contribution in [-0.2, 0) is 12.0 Å². The van der Waals surface area contributed by atoms with Crippen LogP contribution < -0.4 is 0 Å². The number of nitrogens with zero attached hydrogens (tertiary/aromatic N) is 4. The van der Waals surface area contributed by atoms with E-state index in [1.165, 1.54) is 17.3 Å². The molecular formula is C19H20N4O2. The largest absolute Gasteiger partial charge is 0.351 e. The monoisotopic (exact) mass is 336 g/mol. The molecule has 1 aromatic heterocycles. The Bertz CT molecular complexity index is 801. The third kappa shape index (κ3) is 2.81. The van der Waals surface area contributed by atoms with Crippen molar-refractivity contribution < 1.29 is 9.32 Å². The zero-order valence-electron chi connectivity index (χ0n) is 14.0. The fourth-order valence-electron chi connectivity index (χ4n) is 4.24. The molecule has 0 radical (unpaired) electrons. The number of benzene rings is 1. The van der Waals surface area contributed by atoms with Gasteiger partial charge in [-0.05, 0) is 24.0 Å². The summed E-state index contributed by atoms with van der Waals surface area (Å²) in [5.41, 5.74) is 2.71. The van der Waals surface area contributed by atoms with E-state index in [0.29, 0.717) is 25.4 Å². The molecule has 1 spiro atoms. The number of carbonyl (C=O) groups excluding carboxylic acids is 1. The molecule has 25 heavy (non-hydrogen) atoms. The Morgan fingerprint density at radius 3 is 2.80 bits per heavy atom. The van der Waals surface area contributed by atoms with Crippen LogP contribution in [0.25, 0.3) is 0 Å². The average molecular weight is 336 g/mol. The van der Waals surface area contributed by atoms with Crippen molar-refractivity contribution in [2.75, 3.05) is 26.2 Å². The number of nitriles is 1. The molecule has 6 nitrogen and oxygen atoms in total. The van der Waals surface area contributed by atoms with E-state index in [1.54, 1.807) is 6.07 Å². The van der Waals surface area contributed by atoms with Gasteiger partial charge in [-0.3, -0.25) is 9.69 Å². The summed E-state index contributed by atoms with van der Waals surface area (Å²) in [7, 11) is 0. The Hall–Kier alpha value is -2.65. The Morgan fingerprint density at radius 2 is 2.08 bits per heavy atom. The maximum absolute atomic E-state index is 12.5. The molecule has 1 fully saturated rings. The van der Waals surface area contributed by atoms with Crippen molar-refractivity contribution in [3.63, 3.8) is 0 Å². The van der Waals surface area contributed by atoms with Gasteiger partial charge in [0.15, 0.2) is 0 Å². The molecule has 0 bridgehead atoms. The van der Waals surface area contributed by atoms with E-state index < -0.39 is 0 Å². The predicted octanol–water partition coefficient (Wildman–Crippen LogP) is 2.19. The molecule has 4 rings (SSSR count). The summed E-state index contributed by atoms with van der Waals surface area (Å²) in [6.07, 6.45) is 3.29. The maximum atomic E-state index is 12.5. The lowest BCUT2D eigenvalue weighted by atomic mass is 9.69. The topological polar surface area (TPSA) is 73.4 Å². The van der Waals surface area contributed by atoms with Gasteiger partial charge in [-0.25, -0.2) is 0 Å². The molecule has 128 valence electrons. The van der Waals surface area contributed by atoms with E-state index in [4.69, 9.17) is 9.78 Å². The van der Waals surface area contributed by atoms with Crippen molar-refractivity contribution in [2.24, 2.45) is 0 Å². The number of carbonyl (C=O) groups is 1. The summed E-state index contributed by atoms with van der Waals surface area (Å²) >= 11 is 0. The summed E-state index contributed by atoms with van der Waals surface area (Å²) in [6, 6.07) is 12.4. The van der Waals surface area contributed by atoms with Crippen LogP contribution in [0.4, 0.5) is 0 Å². The molecule has 1 amide bonds. The Balaban J connectivity index is 1.56. The second kappa shape index (κ2) is 6.34. The molecule has 0 aliphatic carbocycles. The van der Waals surface area contributed by atoms with Gasteiger partial charge in [-0.1, -0.05) is 29.4 Å². The summed E-state index contributed by atoms with van der Waals surface area (Å²) in [4.78, 5) is 16.5. The van der Waals surface area contributed by atoms with Crippen molar-refractivity contribution in [1.82, 2.24) is 15.0 Å². The van der Waals surface area contributed by atoms with Crippen LogP contribution in [0.1, 0.15) is 34.5 Å². The van der Waals surface area contributed by atoms with Crippen LogP contribution in [0.3, 0.4) is 0 Å². The van der Waals surface area contributed by atoms with E-state index in [2.05, 4.69) is 40.4 Å². The summed E-state index contributed by atoms with van der Waals surface area (Å²) in [6.45, 7) is 3.52. The SMILES string of the molecule is N#CCN1Cc2ccccc2C2(CCN(C(=O)c3ccno3)CC2)C1. The number of likely N-dealkylation sites (tertiary alicyclic amines) is 1. The van der Waals surface area contributed by atoms with Crippen LogP contribution in [-0.4, -0.2) is 47.0 Å². The van der Waals surface area contributed by atoms with Gasteiger partial charge in [0.1, 0.15) is 0 Å². The van der Waals surface area contributed by atoms with Crippen molar-refractivity contribution in [2.45, 2.75) is 24.8 Å². The Labute approximate surface area is 146 Å². The fraction of sp³-hybridized carbons (Fsp3) is 0.421. The first-order valence-corrected chi connectivity index (χ1v) is 8.59. The van der Waals surface area contributed by atoms with Crippen LogP contribution in [0.2, 0.25) is 0 Å². The Morgan fingerprint density at radius 1 is 1.28 bits per heavy atom. The molecule has 1 aromatic carbocycles. The molecule has 0 atom stereocenters.